The van der Waals surface area contributed by atoms with Gasteiger partial charge in [-0.1, -0.05) is 0 Å². The number of benzene rings is 1. The molecule has 0 aliphatic rings. The molecule has 7 heteroatoms. The van der Waals surface area contributed by atoms with E-state index in [0.717, 1.165) is 5.69 Å². The fraction of sp³-hybridized carbons (Fsp3) is 0.250. The predicted octanol–water partition coefficient (Wildman–Crippen LogP) is 1.93. The van der Waals surface area contributed by atoms with Gasteiger partial charge in [-0.05, 0) is 18.2 Å². The van der Waals surface area contributed by atoms with Crippen molar-refractivity contribution in [3.8, 4) is 0 Å². The fourth-order valence-electron chi connectivity index (χ4n) is 1.79. The van der Waals surface area contributed by atoms with Crippen molar-refractivity contribution in [1.29, 1.82) is 0 Å². The van der Waals surface area contributed by atoms with Gasteiger partial charge in [-0.3, -0.25) is 14.3 Å². The van der Waals surface area contributed by atoms with Crippen molar-refractivity contribution in [3.63, 3.8) is 0 Å². The van der Waals surface area contributed by atoms with E-state index in [4.69, 9.17) is 0 Å². The number of nitrogens with one attached hydrogen (secondary N) is 1. The molecule has 1 aromatic carbocycles. The minimum Gasteiger partial charge on any atom is -0.384 e. The average Bonchev–Trinajstić information content (AvgIpc) is 2.38. The summed E-state index contributed by atoms with van der Waals surface area (Å²) in [5, 5.41) is 14.8. The molecule has 2 aromatic rings. The molecule has 1 unspecified atom stereocenters. The molecule has 1 atom stereocenters. The van der Waals surface area contributed by atoms with Gasteiger partial charge in [0.15, 0.2) is 0 Å². The Morgan fingerprint density at radius 3 is 2.89 bits per heavy atom. The molecule has 100 valence electrons. The number of fused-ring (bicyclic) bond motifs is 1. The molecule has 1 aromatic heterocycles. The number of nitrogens with zero attached hydrogens (tertiary/aromatic N) is 2. The molecule has 0 aliphatic heterocycles. The van der Waals surface area contributed by atoms with Crippen LogP contribution < -0.4 is 5.32 Å². The maximum atomic E-state index is 11.0. The van der Waals surface area contributed by atoms with Crippen LogP contribution in [0.4, 0.5) is 11.4 Å². The van der Waals surface area contributed by atoms with Crippen LogP contribution >= 0.6 is 0 Å². The SMILES string of the molecule is CS(=O)CCNc1ccc([N+](=O)[O-])c2ncccc12. The Morgan fingerprint density at radius 1 is 1.42 bits per heavy atom. The smallest absolute Gasteiger partial charge is 0.295 e. The lowest BCUT2D eigenvalue weighted by Gasteiger charge is -2.08. The average molecular weight is 279 g/mol. The van der Waals surface area contributed by atoms with E-state index in [1.165, 1.54) is 12.3 Å². The Kier molecular flexibility index (Phi) is 4.06. The maximum Gasteiger partial charge on any atom is 0.295 e. The van der Waals surface area contributed by atoms with Crippen molar-refractivity contribution in [2.45, 2.75) is 0 Å². The molecule has 0 amide bonds. The Bertz CT molecular complexity index is 645. The number of nitro benzene ring substituents is 1. The van der Waals surface area contributed by atoms with E-state index >= 15 is 0 Å². The van der Waals surface area contributed by atoms with E-state index in [0.29, 0.717) is 23.2 Å². The lowest BCUT2D eigenvalue weighted by atomic mass is 10.1. The first kappa shape index (κ1) is 13.4. The largest absolute Gasteiger partial charge is 0.384 e. The van der Waals surface area contributed by atoms with Crippen molar-refractivity contribution in [2.24, 2.45) is 0 Å². The number of nitro groups is 1. The van der Waals surface area contributed by atoms with Gasteiger partial charge < -0.3 is 5.32 Å². The zero-order valence-electron chi connectivity index (χ0n) is 10.3. The zero-order valence-corrected chi connectivity index (χ0v) is 11.1. The van der Waals surface area contributed by atoms with Crippen molar-refractivity contribution in [2.75, 3.05) is 23.9 Å². The van der Waals surface area contributed by atoms with Crippen LogP contribution in [-0.4, -0.2) is 32.7 Å². The topological polar surface area (TPSA) is 85.1 Å². The third-order valence-electron chi connectivity index (χ3n) is 2.65. The number of pyridine rings is 1. The van der Waals surface area contributed by atoms with Crippen molar-refractivity contribution < 1.29 is 9.13 Å². The summed E-state index contributed by atoms with van der Waals surface area (Å²) >= 11 is 0. The quantitative estimate of drug-likeness (QED) is 0.667. The Morgan fingerprint density at radius 2 is 2.21 bits per heavy atom. The summed E-state index contributed by atoms with van der Waals surface area (Å²) in [5.74, 6) is 0.527. The molecule has 6 nitrogen and oxygen atoms in total. The minimum atomic E-state index is -0.871. The van der Waals surface area contributed by atoms with E-state index in [1.54, 1.807) is 24.5 Å². The van der Waals surface area contributed by atoms with Crippen LogP contribution in [-0.2, 0) is 10.8 Å². The highest BCUT2D eigenvalue weighted by molar-refractivity contribution is 7.84. The van der Waals surface area contributed by atoms with Gasteiger partial charge in [0.1, 0.15) is 5.52 Å². The first-order valence-electron chi connectivity index (χ1n) is 5.65. The molecule has 2 rings (SSSR count). The molecule has 0 aliphatic carbocycles. The molecule has 1 heterocycles. The summed E-state index contributed by atoms with van der Waals surface area (Å²) in [6.07, 6.45) is 3.16. The Hall–Kier alpha value is -2.02. The molecule has 0 radical (unpaired) electrons. The van der Waals surface area contributed by atoms with Crippen molar-refractivity contribution in [1.82, 2.24) is 4.98 Å². The first-order chi connectivity index (χ1) is 9.09. The van der Waals surface area contributed by atoms with Crippen LogP contribution in [0.2, 0.25) is 0 Å². The van der Waals surface area contributed by atoms with Gasteiger partial charge >= 0.3 is 0 Å². The number of hydrogen-bond donors (Lipinski definition) is 1. The van der Waals surface area contributed by atoms with Crippen LogP contribution in [0, 0.1) is 10.1 Å². The summed E-state index contributed by atoms with van der Waals surface area (Å²) in [6.45, 7) is 0.547. The molecule has 1 N–H and O–H groups in total. The van der Waals surface area contributed by atoms with E-state index in [9.17, 15) is 14.3 Å². The number of non-ortho nitro benzene ring substituents is 1. The van der Waals surface area contributed by atoms with Gasteiger partial charge in [0.2, 0.25) is 0 Å². The van der Waals surface area contributed by atoms with Gasteiger partial charge in [0.05, 0.1) is 4.92 Å². The van der Waals surface area contributed by atoms with Crippen LogP contribution in [0.25, 0.3) is 10.9 Å². The van der Waals surface area contributed by atoms with Crippen molar-refractivity contribution >= 4 is 33.1 Å². The summed E-state index contributed by atoms with van der Waals surface area (Å²) in [6, 6.07) is 6.59. The standard InChI is InChI=1S/C12H13N3O3S/c1-19(18)8-7-13-10-4-5-11(15(16)17)12-9(10)3-2-6-14-12/h2-6,13H,7-8H2,1H3. The van der Waals surface area contributed by atoms with Gasteiger partial charge in [-0.15, -0.1) is 0 Å². The predicted molar refractivity (Wildman–Crippen MR) is 75.8 cm³/mol. The summed E-state index contributed by atoms with van der Waals surface area (Å²) in [7, 11) is -0.871. The molecule has 0 saturated heterocycles. The lowest BCUT2D eigenvalue weighted by molar-refractivity contribution is -0.383. The third kappa shape index (κ3) is 3.05. The van der Waals surface area contributed by atoms with Gasteiger partial charge in [-0.2, -0.15) is 0 Å². The molecule has 19 heavy (non-hydrogen) atoms. The Balaban J connectivity index is 2.38. The second-order valence-corrected chi connectivity index (χ2v) is 5.55. The highest BCUT2D eigenvalue weighted by atomic mass is 32.2. The fourth-order valence-corrected chi connectivity index (χ4v) is 2.18. The molecule has 0 saturated carbocycles. The van der Waals surface area contributed by atoms with E-state index in [2.05, 4.69) is 10.3 Å². The lowest BCUT2D eigenvalue weighted by Crippen LogP contribution is -2.10. The van der Waals surface area contributed by atoms with E-state index in [1.807, 2.05) is 0 Å². The highest BCUT2D eigenvalue weighted by Gasteiger charge is 2.14. The first-order valence-corrected chi connectivity index (χ1v) is 7.38. The maximum absolute atomic E-state index is 11.0. The van der Waals surface area contributed by atoms with Crippen LogP contribution in [0.1, 0.15) is 0 Å². The zero-order chi connectivity index (χ0) is 13.8. The second kappa shape index (κ2) is 5.75. The second-order valence-electron chi connectivity index (χ2n) is 3.99. The summed E-state index contributed by atoms with van der Waals surface area (Å²) < 4.78 is 11.0. The molecular weight excluding hydrogens is 266 g/mol. The van der Waals surface area contributed by atoms with Crippen molar-refractivity contribution in [3.05, 3.63) is 40.6 Å². The van der Waals surface area contributed by atoms with Crippen LogP contribution in [0.3, 0.4) is 0 Å². The van der Waals surface area contributed by atoms with Crippen LogP contribution in [0.15, 0.2) is 30.5 Å². The number of aromatic nitrogens is 1. The minimum absolute atomic E-state index is 0.0137. The van der Waals surface area contributed by atoms with Gasteiger partial charge in [0, 0.05) is 52.7 Å². The van der Waals surface area contributed by atoms with E-state index in [-0.39, 0.29) is 5.69 Å². The number of anilines is 1. The number of hydrogen-bond acceptors (Lipinski definition) is 5. The monoisotopic (exact) mass is 279 g/mol. The summed E-state index contributed by atoms with van der Waals surface area (Å²) in [5.41, 5.74) is 1.11. The normalized spacial score (nSPS) is 12.3. The number of rotatable bonds is 5. The third-order valence-corrected chi connectivity index (χ3v) is 3.43. The molecular formula is C12H13N3O3S. The van der Waals surface area contributed by atoms with Crippen LogP contribution in [0.5, 0.6) is 0 Å². The van der Waals surface area contributed by atoms with Gasteiger partial charge in [0.25, 0.3) is 5.69 Å². The van der Waals surface area contributed by atoms with E-state index < -0.39 is 15.7 Å². The Labute approximate surface area is 112 Å². The molecule has 0 spiro atoms. The summed E-state index contributed by atoms with van der Waals surface area (Å²) in [4.78, 5) is 14.6. The molecule has 0 fully saturated rings. The van der Waals surface area contributed by atoms with Gasteiger partial charge in [-0.25, -0.2) is 4.98 Å². The molecule has 0 bridgehead atoms. The highest BCUT2D eigenvalue weighted by Crippen LogP contribution is 2.29.